The molecule has 3 aromatic rings. The Hall–Kier alpha value is -2.27. The maximum absolute atomic E-state index is 11.9. The van der Waals surface area contributed by atoms with E-state index in [1.54, 1.807) is 0 Å². The van der Waals surface area contributed by atoms with Gasteiger partial charge in [0.15, 0.2) is 0 Å². The lowest BCUT2D eigenvalue weighted by Crippen LogP contribution is -1.97. The van der Waals surface area contributed by atoms with E-state index >= 15 is 0 Å². The molecule has 0 fully saturated rings. The fourth-order valence-corrected chi connectivity index (χ4v) is 4.03. The van der Waals surface area contributed by atoms with E-state index in [0.29, 0.717) is 5.75 Å². The molecule has 4 rings (SSSR count). The number of aryl methyl sites for hydroxylation is 1. The minimum atomic E-state index is -0.920. The van der Waals surface area contributed by atoms with E-state index in [1.165, 1.54) is 0 Å². The molecule has 1 aliphatic heterocycles. The van der Waals surface area contributed by atoms with Crippen LogP contribution in [-0.4, -0.2) is 24.5 Å². The molecule has 0 aliphatic carbocycles. The lowest BCUT2D eigenvalue weighted by molar-refractivity contribution is 0.684. The second kappa shape index (κ2) is 6.32. The summed E-state index contributed by atoms with van der Waals surface area (Å²) in [5.41, 5.74) is 4.38. The molecule has 0 bridgehead atoms. The van der Waals surface area contributed by atoms with Crippen molar-refractivity contribution in [3.05, 3.63) is 54.6 Å². The van der Waals surface area contributed by atoms with Gasteiger partial charge in [0, 0.05) is 47.1 Å². The number of nitrogens with zero attached hydrogens (tertiary/aromatic N) is 3. The lowest BCUT2D eigenvalue weighted by Gasteiger charge is -2.09. The Morgan fingerprint density at radius 1 is 1.08 bits per heavy atom. The molecule has 0 saturated carbocycles. The number of hydrogen-bond acceptors (Lipinski definition) is 3. The van der Waals surface area contributed by atoms with Gasteiger partial charge in [0.05, 0.1) is 22.2 Å². The zero-order valence-corrected chi connectivity index (χ0v) is 14.4. The molecule has 0 saturated heterocycles. The molecule has 1 aliphatic rings. The third kappa shape index (κ3) is 2.59. The molecule has 0 amide bonds. The standard InChI is InChI=1S/C19H19N3OS/c1-2-24(23)16-7-5-14(6-8-16)18-19(15-9-11-20-12-10-15)22-13-3-4-17(22)21-18/h5-12H,2-4,13H2,1H3/t24-/m1/s1. The highest BCUT2D eigenvalue weighted by Crippen LogP contribution is 2.35. The summed E-state index contributed by atoms with van der Waals surface area (Å²) < 4.78 is 14.3. The Kier molecular flexibility index (Phi) is 4.02. The van der Waals surface area contributed by atoms with Crippen LogP contribution in [0.1, 0.15) is 19.2 Å². The molecule has 1 aromatic carbocycles. The minimum Gasteiger partial charge on any atom is -0.327 e. The van der Waals surface area contributed by atoms with Crippen LogP contribution in [0.25, 0.3) is 22.5 Å². The largest absolute Gasteiger partial charge is 0.327 e. The van der Waals surface area contributed by atoms with Crippen LogP contribution in [0.15, 0.2) is 53.7 Å². The van der Waals surface area contributed by atoms with Gasteiger partial charge in [-0.05, 0) is 30.7 Å². The maximum atomic E-state index is 11.9. The second-order valence-electron chi connectivity index (χ2n) is 5.87. The van der Waals surface area contributed by atoms with Crippen LogP contribution in [0.5, 0.6) is 0 Å². The number of imidazole rings is 1. The van der Waals surface area contributed by atoms with Crippen LogP contribution in [0, 0.1) is 0 Å². The molecular formula is C19H19N3OS. The number of fused-ring (bicyclic) bond motifs is 1. The summed E-state index contributed by atoms with van der Waals surface area (Å²) in [7, 11) is -0.920. The van der Waals surface area contributed by atoms with Gasteiger partial charge >= 0.3 is 0 Å². The molecule has 1 atom stereocenters. The quantitative estimate of drug-likeness (QED) is 0.729. The van der Waals surface area contributed by atoms with Crippen molar-refractivity contribution in [1.29, 1.82) is 0 Å². The Morgan fingerprint density at radius 3 is 2.54 bits per heavy atom. The Balaban J connectivity index is 1.83. The molecule has 122 valence electrons. The topological polar surface area (TPSA) is 47.8 Å². The van der Waals surface area contributed by atoms with E-state index in [0.717, 1.165) is 52.6 Å². The number of benzene rings is 1. The zero-order chi connectivity index (χ0) is 16.5. The van der Waals surface area contributed by atoms with Crippen molar-refractivity contribution < 1.29 is 4.21 Å². The maximum Gasteiger partial charge on any atom is 0.109 e. The molecule has 24 heavy (non-hydrogen) atoms. The summed E-state index contributed by atoms with van der Waals surface area (Å²) in [6.07, 6.45) is 5.81. The summed E-state index contributed by atoms with van der Waals surface area (Å²) >= 11 is 0. The van der Waals surface area contributed by atoms with E-state index in [1.807, 2.05) is 55.7 Å². The normalized spacial score (nSPS) is 14.5. The van der Waals surface area contributed by atoms with Gasteiger partial charge in [-0.25, -0.2) is 4.98 Å². The van der Waals surface area contributed by atoms with Gasteiger partial charge in [-0.3, -0.25) is 9.19 Å². The molecular weight excluding hydrogens is 318 g/mol. The van der Waals surface area contributed by atoms with Crippen LogP contribution >= 0.6 is 0 Å². The molecule has 0 unspecified atom stereocenters. The summed E-state index contributed by atoms with van der Waals surface area (Å²) in [6.45, 7) is 2.95. The highest BCUT2D eigenvalue weighted by atomic mass is 32.2. The van der Waals surface area contributed by atoms with Gasteiger partial charge in [0.1, 0.15) is 5.82 Å². The molecule has 3 heterocycles. The van der Waals surface area contributed by atoms with Crippen molar-refractivity contribution in [2.45, 2.75) is 31.2 Å². The van der Waals surface area contributed by atoms with Crippen molar-refractivity contribution in [2.24, 2.45) is 0 Å². The van der Waals surface area contributed by atoms with Crippen molar-refractivity contribution in [2.75, 3.05) is 5.75 Å². The fourth-order valence-electron chi connectivity index (χ4n) is 3.26. The summed E-state index contributed by atoms with van der Waals surface area (Å²) in [5.74, 6) is 1.79. The van der Waals surface area contributed by atoms with Gasteiger partial charge in [0.2, 0.25) is 0 Å². The van der Waals surface area contributed by atoms with E-state index in [4.69, 9.17) is 4.98 Å². The second-order valence-corrected chi connectivity index (χ2v) is 7.61. The average Bonchev–Trinajstić information content (AvgIpc) is 3.23. The first kappa shape index (κ1) is 15.3. The third-order valence-electron chi connectivity index (χ3n) is 4.44. The van der Waals surface area contributed by atoms with Crippen molar-refractivity contribution in [1.82, 2.24) is 14.5 Å². The van der Waals surface area contributed by atoms with Gasteiger partial charge in [-0.2, -0.15) is 0 Å². The molecule has 0 spiro atoms. The Labute approximate surface area is 144 Å². The number of pyridine rings is 1. The summed E-state index contributed by atoms with van der Waals surface area (Å²) in [4.78, 5) is 9.90. The molecule has 5 heteroatoms. The first-order valence-corrected chi connectivity index (χ1v) is 9.58. The SMILES string of the molecule is CC[S@@](=O)c1ccc(-c2nc3n(c2-c2ccncc2)CCC3)cc1. The van der Waals surface area contributed by atoms with Crippen LogP contribution in [0.4, 0.5) is 0 Å². The van der Waals surface area contributed by atoms with Crippen LogP contribution in [-0.2, 0) is 23.8 Å². The number of rotatable bonds is 4. The van der Waals surface area contributed by atoms with E-state index in [-0.39, 0.29) is 0 Å². The highest BCUT2D eigenvalue weighted by Gasteiger charge is 2.23. The monoisotopic (exact) mass is 337 g/mol. The van der Waals surface area contributed by atoms with Crippen molar-refractivity contribution in [3.8, 4) is 22.5 Å². The van der Waals surface area contributed by atoms with Gasteiger partial charge in [0.25, 0.3) is 0 Å². The average molecular weight is 337 g/mol. The third-order valence-corrected chi connectivity index (χ3v) is 5.76. The van der Waals surface area contributed by atoms with Gasteiger partial charge < -0.3 is 4.57 Å². The lowest BCUT2D eigenvalue weighted by atomic mass is 10.1. The minimum absolute atomic E-state index is 0.639. The van der Waals surface area contributed by atoms with Gasteiger partial charge in [-0.15, -0.1) is 0 Å². The fraction of sp³-hybridized carbons (Fsp3) is 0.263. The van der Waals surface area contributed by atoms with E-state index < -0.39 is 10.8 Å². The highest BCUT2D eigenvalue weighted by molar-refractivity contribution is 7.85. The Morgan fingerprint density at radius 2 is 1.83 bits per heavy atom. The smallest absolute Gasteiger partial charge is 0.109 e. The first-order valence-electron chi connectivity index (χ1n) is 8.26. The number of aromatic nitrogens is 3. The molecule has 0 N–H and O–H groups in total. The molecule has 2 aromatic heterocycles. The predicted octanol–water partition coefficient (Wildman–Crippen LogP) is 3.69. The van der Waals surface area contributed by atoms with Crippen molar-refractivity contribution in [3.63, 3.8) is 0 Å². The van der Waals surface area contributed by atoms with Crippen LogP contribution < -0.4 is 0 Å². The first-order chi connectivity index (χ1) is 11.8. The summed E-state index contributed by atoms with van der Waals surface area (Å²) in [6, 6.07) is 12.0. The molecule has 0 radical (unpaired) electrons. The van der Waals surface area contributed by atoms with Crippen molar-refractivity contribution >= 4 is 10.8 Å². The summed E-state index contributed by atoms with van der Waals surface area (Å²) in [5, 5.41) is 0. The predicted molar refractivity (Wildman–Crippen MR) is 96.2 cm³/mol. The molecule has 4 nitrogen and oxygen atoms in total. The van der Waals surface area contributed by atoms with E-state index in [9.17, 15) is 4.21 Å². The Bertz CT molecular complexity index is 885. The van der Waals surface area contributed by atoms with Gasteiger partial charge in [-0.1, -0.05) is 19.1 Å². The van der Waals surface area contributed by atoms with Crippen LogP contribution in [0.2, 0.25) is 0 Å². The van der Waals surface area contributed by atoms with Crippen LogP contribution in [0.3, 0.4) is 0 Å². The van der Waals surface area contributed by atoms with E-state index in [2.05, 4.69) is 9.55 Å². The number of hydrogen-bond donors (Lipinski definition) is 0. The zero-order valence-electron chi connectivity index (χ0n) is 13.6.